The van der Waals surface area contributed by atoms with E-state index >= 15 is 0 Å². The van der Waals surface area contributed by atoms with Crippen LogP contribution in [0.5, 0.6) is 0 Å². The van der Waals surface area contributed by atoms with Crippen molar-refractivity contribution in [3.63, 3.8) is 0 Å². The van der Waals surface area contributed by atoms with E-state index < -0.39 is 0 Å². The highest BCUT2D eigenvalue weighted by molar-refractivity contribution is 5.85. The molecule has 1 fully saturated rings. The lowest BCUT2D eigenvalue weighted by molar-refractivity contribution is -0.122. The molecule has 0 radical (unpaired) electrons. The van der Waals surface area contributed by atoms with E-state index in [0.29, 0.717) is 18.8 Å². The second-order valence-corrected chi connectivity index (χ2v) is 5.27. The van der Waals surface area contributed by atoms with Gasteiger partial charge in [-0.3, -0.25) is 4.79 Å². The molecule has 0 bridgehead atoms. The number of amides is 1. The minimum Gasteiger partial charge on any atom is -0.352 e. The average Bonchev–Trinajstić information content (AvgIpc) is 2.41. The highest BCUT2D eigenvalue weighted by Gasteiger charge is 2.22. The Hall–Kier alpha value is -1.13. The first-order valence-electron chi connectivity index (χ1n) is 6.89. The van der Waals surface area contributed by atoms with Crippen LogP contribution in [0.4, 0.5) is 4.39 Å². The molecule has 1 saturated heterocycles. The molecule has 2 N–H and O–H groups in total. The quantitative estimate of drug-likeness (QED) is 0.896. The maximum atomic E-state index is 12.8. The number of hydrogen-bond acceptors (Lipinski definition) is 2. The Balaban J connectivity index is 0.00000200. The summed E-state index contributed by atoms with van der Waals surface area (Å²) in [6.07, 6.45) is 2.21. The smallest absolute Gasteiger partial charge is 0.220 e. The second-order valence-electron chi connectivity index (χ2n) is 5.27. The normalized spacial score (nSPS) is 21.9. The fourth-order valence-electron chi connectivity index (χ4n) is 2.37. The molecule has 1 aromatic carbocycles. The van der Waals surface area contributed by atoms with Crippen LogP contribution in [0.2, 0.25) is 0 Å². The number of aryl methyl sites for hydroxylation is 1. The molecule has 5 heteroatoms. The topological polar surface area (TPSA) is 41.1 Å². The monoisotopic (exact) mass is 300 g/mol. The van der Waals surface area contributed by atoms with Crippen molar-refractivity contribution in [2.45, 2.75) is 32.2 Å². The molecule has 3 nitrogen and oxygen atoms in total. The molecule has 1 amide bonds. The van der Waals surface area contributed by atoms with Crippen molar-refractivity contribution in [2.24, 2.45) is 5.92 Å². The van der Waals surface area contributed by atoms with Crippen molar-refractivity contribution in [3.05, 3.63) is 35.6 Å². The van der Waals surface area contributed by atoms with Gasteiger partial charge in [-0.15, -0.1) is 12.4 Å². The molecule has 1 aliphatic heterocycles. The number of carbonyl (C=O) groups is 1. The molecule has 1 aromatic rings. The minimum absolute atomic E-state index is 0. The Labute approximate surface area is 125 Å². The van der Waals surface area contributed by atoms with Crippen LogP contribution >= 0.6 is 12.4 Å². The molecule has 112 valence electrons. The number of hydrogen-bond donors (Lipinski definition) is 2. The summed E-state index contributed by atoms with van der Waals surface area (Å²) < 4.78 is 12.8. The van der Waals surface area contributed by atoms with Gasteiger partial charge in [0, 0.05) is 19.0 Å². The van der Waals surface area contributed by atoms with E-state index in [4.69, 9.17) is 0 Å². The molecule has 2 rings (SSSR count). The Morgan fingerprint density at radius 3 is 2.75 bits per heavy atom. The van der Waals surface area contributed by atoms with Gasteiger partial charge in [-0.2, -0.15) is 0 Å². The van der Waals surface area contributed by atoms with Gasteiger partial charge in [0.2, 0.25) is 5.91 Å². The van der Waals surface area contributed by atoms with Gasteiger partial charge in [0.25, 0.3) is 0 Å². The number of piperidine rings is 1. The average molecular weight is 301 g/mol. The lowest BCUT2D eigenvalue weighted by atomic mass is 9.94. The first kappa shape index (κ1) is 16.9. The Morgan fingerprint density at radius 1 is 1.40 bits per heavy atom. The summed E-state index contributed by atoms with van der Waals surface area (Å²) in [6, 6.07) is 6.55. The van der Waals surface area contributed by atoms with Crippen LogP contribution in [0, 0.1) is 11.7 Å². The molecule has 0 aliphatic carbocycles. The van der Waals surface area contributed by atoms with Gasteiger partial charge in [0.15, 0.2) is 0 Å². The first-order valence-corrected chi connectivity index (χ1v) is 6.89. The number of rotatable bonds is 4. The maximum Gasteiger partial charge on any atom is 0.220 e. The van der Waals surface area contributed by atoms with E-state index in [2.05, 4.69) is 17.6 Å². The van der Waals surface area contributed by atoms with Crippen molar-refractivity contribution in [1.29, 1.82) is 0 Å². The van der Waals surface area contributed by atoms with Crippen LogP contribution in [0.3, 0.4) is 0 Å². The first-order chi connectivity index (χ1) is 9.15. The van der Waals surface area contributed by atoms with Gasteiger partial charge >= 0.3 is 0 Å². The summed E-state index contributed by atoms with van der Waals surface area (Å²) in [7, 11) is 0. The van der Waals surface area contributed by atoms with Gasteiger partial charge in [-0.05, 0) is 43.0 Å². The molecule has 0 aromatic heterocycles. The zero-order valence-corrected chi connectivity index (χ0v) is 12.5. The minimum atomic E-state index is -0.240. The lowest BCUT2D eigenvalue weighted by Crippen LogP contribution is -2.50. The van der Waals surface area contributed by atoms with E-state index in [1.54, 1.807) is 12.1 Å². The third-order valence-electron chi connectivity index (χ3n) is 3.73. The van der Waals surface area contributed by atoms with E-state index in [9.17, 15) is 9.18 Å². The van der Waals surface area contributed by atoms with Crippen molar-refractivity contribution in [3.8, 4) is 0 Å². The van der Waals surface area contributed by atoms with Crippen molar-refractivity contribution >= 4 is 18.3 Å². The zero-order valence-electron chi connectivity index (χ0n) is 11.7. The van der Waals surface area contributed by atoms with Crippen LogP contribution in [-0.4, -0.2) is 25.0 Å². The van der Waals surface area contributed by atoms with Gasteiger partial charge in [-0.25, -0.2) is 4.39 Å². The Morgan fingerprint density at radius 2 is 2.10 bits per heavy atom. The number of nitrogens with one attached hydrogen (secondary N) is 2. The van der Waals surface area contributed by atoms with Crippen molar-refractivity contribution in [1.82, 2.24) is 10.6 Å². The van der Waals surface area contributed by atoms with E-state index in [1.807, 2.05) is 0 Å². The van der Waals surface area contributed by atoms with Gasteiger partial charge in [0.05, 0.1) is 0 Å². The van der Waals surface area contributed by atoms with Gasteiger partial charge in [0.1, 0.15) is 5.82 Å². The Kier molecular flexibility index (Phi) is 6.96. The van der Waals surface area contributed by atoms with E-state index in [-0.39, 0.29) is 30.2 Å². The molecule has 1 aliphatic rings. The molecule has 0 spiro atoms. The number of benzene rings is 1. The maximum absolute atomic E-state index is 12.8. The summed E-state index contributed by atoms with van der Waals surface area (Å²) in [5, 5.41) is 6.37. The SMILES string of the molecule is CC1CCNCC1NC(=O)CCc1ccc(F)cc1.Cl. The highest BCUT2D eigenvalue weighted by Crippen LogP contribution is 2.12. The van der Waals surface area contributed by atoms with E-state index in [0.717, 1.165) is 25.1 Å². The standard InChI is InChI=1S/C15H21FN2O.ClH/c1-11-8-9-17-10-14(11)18-15(19)7-4-12-2-5-13(16)6-3-12;/h2-3,5-6,11,14,17H,4,7-10H2,1H3,(H,18,19);1H. The predicted molar refractivity (Wildman–Crippen MR) is 80.6 cm³/mol. The third kappa shape index (κ3) is 5.10. The number of halogens is 2. The van der Waals surface area contributed by atoms with E-state index in [1.165, 1.54) is 12.1 Å². The van der Waals surface area contributed by atoms with Crippen LogP contribution in [0.25, 0.3) is 0 Å². The van der Waals surface area contributed by atoms with Crippen LogP contribution < -0.4 is 10.6 Å². The molecule has 1 heterocycles. The zero-order chi connectivity index (χ0) is 13.7. The fourth-order valence-corrected chi connectivity index (χ4v) is 2.37. The van der Waals surface area contributed by atoms with Gasteiger partial charge in [-0.1, -0.05) is 19.1 Å². The molecular weight excluding hydrogens is 279 g/mol. The van der Waals surface area contributed by atoms with Crippen LogP contribution in [0.1, 0.15) is 25.3 Å². The second kappa shape index (κ2) is 8.22. The van der Waals surface area contributed by atoms with Crippen molar-refractivity contribution in [2.75, 3.05) is 13.1 Å². The molecule has 2 unspecified atom stereocenters. The fraction of sp³-hybridized carbons (Fsp3) is 0.533. The van der Waals surface area contributed by atoms with Crippen LogP contribution in [-0.2, 0) is 11.2 Å². The van der Waals surface area contributed by atoms with Crippen molar-refractivity contribution < 1.29 is 9.18 Å². The summed E-state index contributed by atoms with van der Waals surface area (Å²) >= 11 is 0. The molecule has 20 heavy (non-hydrogen) atoms. The number of carbonyl (C=O) groups excluding carboxylic acids is 1. The van der Waals surface area contributed by atoms with Gasteiger partial charge < -0.3 is 10.6 Å². The summed E-state index contributed by atoms with van der Waals surface area (Å²) in [6.45, 7) is 4.05. The molecule has 2 atom stereocenters. The predicted octanol–water partition coefficient (Wildman–Crippen LogP) is 2.29. The lowest BCUT2D eigenvalue weighted by Gasteiger charge is -2.30. The summed E-state index contributed by atoms with van der Waals surface area (Å²) in [5.74, 6) is 0.358. The van der Waals surface area contributed by atoms with Crippen LogP contribution in [0.15, 0.2) is 24.3 Å². The molecule has 0 saturated carbocycles. The summed E-state index contributed by atoms with van der Waals surface area (Å²) in [5.41, 5.74) is 0.992. The third-order valence-corrected chi connectivity index (χ3v) is 3.73. The Bertz CT molecular complexity index is 424. The largest absolute Gasteiger partial charge is 0.352 e. The molecular formula is C15H22ClFN2O. The summed E-state index contributed by atoms with van der Waals surface area (Å²) in [4.78, 5) is 11.9. The highest BCUT2D eigenvalue weighted by atomic mass is 35.5.